The molecule has 0 fully saturated rings. The number of rotatable bonds is 0. The fraction of sp³-hybridized carbons (Fsp3) is 0. The van der Waals surface area contributed by atoms with Crippen molar-refractivity contribution in [3.8, 4) is 0 Å². The van der Waals surface area contributed by atoms with E-state index in [1.165, 1.54) is 18.7 Å². The first-order valence-electron chi connectivity index (χ1n) is 3.00. The van der Waals surface area contributed by atoms with E-state index >= 15 is 0 Å². The van der Waals surface area contributed by atoms with Gasteiger partial charge in [-0.3, -0.25) is 5.73 Å². The van der Waals surface area contributed by atoms with Crippen molar-refractivity contribution in [3.05, 3.63) is 18.7 Å². The second-order valence-corrected chi connectivity index (χ2v) is 1.99. The van der Waals surface area contributed by atoms with Crippen LogP contribution < -0.4 is 5.73 Å². The highest BCUT2D eigenvalue weighted by Crippen LogP contribution is 2.04. The molecule has 0 aliphatic heterocycles. The second-order valence-electron chi connectivity index (χ2n) is 1.99. The van der Waals surface area contributed by atoms with Crippen LogP contribution in [0.25, 0.3) is 11.2 Å². The lowest BCUT2D eigenvalue weighted by molar-refractivity contribution is 1.13. The highest BCUT2D eigenvalue weighted by molar-refractivity contribution is 5.68. The molecule has 0 atom stereocenters. The van der Waals surface area contributed by atoms with Crippen LogP contribution in [0, 0.1) is 0 Å². The van der Waals surface area contributed by atoms with Crippen molar-refractivity contribution in [1.82, 2.24) is 25.7 Å². The van der Waals surface area contributed by atoms with Crippen LogP contribution in [-0.2, 0) is 0 Å². The number of fused-ring (bicyclic) bond motifs is 1. The van der Waals surface area contributed by atoms with Crippen LogP contribution >= 0.6 is 0 Å². The number of hydrogen-bond acceptors (Lipinski definition) is 4. The van der Waals surface area contributed by atoms with Gasteiger partial charge >= 0.3 is 0 Å². The molecule has 2 heterocycles. The van der Waals surface area contributed by atoms with Crippen LogP contribution in [0.5, 0.6) is 0 Å². The molecule has 0 amide bonds. The quantitative estimate of drug-likeness (QED) is 0.536. The molecule has 0 saturated carbocycles. The Kier molecular flexibility index (Phi) is 1.15. The van der Waals surface area contributed by atoms with Gasteiger partial charge in [0.2, 0.25) is 0 Å². The standard InChI is InChI=1S/C6H4N5/c7-5-2-9-6-4(11-5)1-8-3-10-6/h1-3,7H. The maximum Gasteiger partial charge on any atom is 0.181 e. The Hall–Kier alpha value is -1.78. The van der Waals surface area contributed by atoms with E-state index < -0.39 is 0 Å². The molecule has 0 unspecified atom stereocenters. The Morgan fingerprint density at radius 3 is 3.00 bits per heavy atom. The van der Waals surface area contributed by atoms with Gasteiger partial charge in [-0.15, -0.1) is 0 Å². The normalized spacial score (nSPS) is 10.2. The van der Waals surface area contributed by atoms with Crippen molar-refractivity contribution in [2.45, 2.75) is 0 Å². The summed E-state index contributed by atoms with van der Waals surface area (Å²) in [5.74, 6) is 0.132. The third-order valence-electron chi connectivity index (χ3n) is 1.22. The number of hydrogen-bond donors (Lipinski definition) is 0. The topological polar surface area (TPSA) is 75.4 Å². The molecule has 1 radical (unpaired) electrons. The summed E-state index contributed by atoms with van der Waals surface area (Å²) in [7, 11) is 0. The van der Waals surface area contributed by atoms with Gasteiger partial charge in [0.05, 0.1) is 12.4 Å². The van der Waals surface area contributed by atoms with Gasteiger partial charge in [-0.2, -0.15) is 0 Å². The van der Waals surface area contributed by atoms with Crippen molar-refractivity contribution in [1.29, 1.82) is 0 Å². The maximum absolute atomic E-state index is 7.15. The molecule has 5 heteroatoms. The van der Waals surface area contributed by atoms with Crippen molar-refractivity contribution >= 4 is 17.0 Å². The van der Waals surface area contributed by atoms with E-state index in [2.05, 4.69) is 19.9 Å². The van der Waals surface area contributed by atoms with E-state index in [1.54, 1.807) is 0 Å². The summed E-state index contributed by atoms with van der Waals surface area (Å²) >= 11 is 0. The molecule has 0 saturated heterocycles. The Morgan fingerprint density at radius 1 is 1.18 bits per heavy atom. The Labute approximate surface area is 62.3 Å². The fourth-order valence-electron chi connectivity index (χ4n) is 0.775. The fourth-order valence-corrected chi connectivity index (χ4v) is 0.775. The van der Waals surface area contributed by atoms with Gasteiger partial charge in [0, 0.05) is 0 Å². The summed E-state index contributed by atoms with van der Waals surface area (Å²) in [6.07, 6.45) is 4.29. The third kappa shape index (κ3) is 0.958. The average Bonchev–Trinajstić information content (AvgIpc) is 2.04. The second kappa shape index (κ2) is 2.12. The molecule has 1 N–H and O–H groups in total. The zero-order chi connectivity index (χ0) is 7.68. The monoisotopic (exact) mass is 146 g/mol. The van der Waals surface area contributed by atoms with Crippen LogP contribution in [0.15, 0.2) is 18.7 Å². The SMILES string of the molecule is [NH]c1cnc2ncncc2n1. The Bertz CT molecular complexity index is 385. The molecule has 2 rings (SSSR count). The molecule has 0 aromatic carbocycles. The minimum atomic E-state index is 0.132. The molecule has 0 bridgehead atoms. The Morgan fingerprint density at radius 2 is 2.09 bits per heavy atom. The highest BCUT2D eigenvalue weighted by atomic mass is 15.0. The minimum absolute atomic E-state index is 0.132. The summed E-state index contributed by atoms with van der Waals surface area (Å²) in [5, 5.41) is 0. The first-order chi connectivity index (χ1) is 5.36. The average molecular weight is 146 g/mol. The van der Waals surface area contributed by atoms with Gasteiger partial charge in [-0.25, -0.2) is 19.9 Å². The van der Waals surface area contributed by atoms with E-state index in [9.17, 15) is 0 Å². The first-order valence-corrected chi connectivity index (χ1v) is 3.00. The summed E-state index contributed by atoms with van der Waals surface area (Å²) in [6, 6.07) is 0. The molecule has 0 aliphatic carbocycles. The lowest BCUT2D eigenvalue weighted by atomic mass is 10.5. The summed E-state index contributed by atoms with van der Waals surface area (Å²) in [5.41, 5.74) is 8.23. The Balaban J connectivity index is 2.83. The first kappa shape index (κ1) is 5.96. The lowest BCUT2D eigenvalue weighted by Crippen LogP contribution is -1.88. The van der Waals surface area contributed by atoms with Crippen LogP contribution in [0.2, 0.25) is 0 Å². The molecule has 2 aromatic rings. The molecule has 5 nitrogen and oxygen atoms in total. The third-order valence-corrected chi connectivity index (χ3v) is 1.22. The van der Waals surface area contributed by atoms with E-state index in [0.29, 0.717) is 11.2 Å². The predicted octanol–water partition coefficient (Wildman–Crippen LogP) is 0.334. The van der Waals surface area contributed by atoms with Gasteiger partial charge in [-0.05, 0) is 0 Å². The molecule has 2 aromatic heterocycles. The molecule has 11 heavy (non-hydrogen) atoms. The van der Waals surface area contributed by atoms with E-state index in [0.717, 1.165) is 0 Å². The van der Waals surface area contributed by atoms with Crippen molar-refractivity contribution in [2.24, 2.45) is 0 Å². The molecule has 0 spiro atoms. The summed E-state index contributed by atoms with van der Waals surface area (Å²) in [6.45, 7) is 0. The largest absolute Gasteiger partial charge is 0.282 e. The zero-order valence-electron chi connectivity index (χ0n) is 5.52. The van der Waals surface area contributed by atoms with Gasteiger partial charge in [0.15, 0.2) is 11.5 Å². The van der Waals surface area contributed by atoms with Gasteiger partial charge in [0.1, 0.15) is 11.8 Å². The van der Waals surface area contributed by atoms with Crippen molar-refractivity contribution < 1.29 is 0 Å². The minimum Gasteiger partial charge on any atom is -0.282 e. The zero-order valence-corrected chi connectivity index (χ0v) is 5.52. The molecular formula is C6H4N5. The molecular weight excluding hydrogens is 142 g/mol. The predicted molar refractivity (Wildman–Crippen MR) is 37.9 cm³/mol. The van der Waals surface area contributed by atoms with E-state index in [-0.39, 0.29) is 5.82 Å². The number of nitrogens with one attached hydrogen (secondary N) is 1. The van der Waals surface area contributed by atoms with Gasteiger partial charge < -0.3 is 0 Å². The summed E-state index contributed by atoms with van der Waals surface area (Å²) in [4.78, 5) is 15.3. The highest BCUT2D eigenvalue weighted by Gasteiger charge is 1.95. The van der Waals surface area contributed by atoms with E-state index in [4.69, 9.17) is 5.73 Å². The van der Waals surface area contributed by atoms with Crippen LogP contribution in [0.3, 0.4) is 0 Å². The maximum atomic E-state index is 7.15. The van der Waals surface area contributed by atoms with Gasteiger partial charge in [-0.1, -0.05) is 0 Å². The summed E-state index contributed by atoms with van der Waals surface area (Å²) < 4.78 is 0. The van der Waals surface area contributed by atoms with Gasteiger partial charge in [0.25, 0.3) is 0 Å². The van der Waals surface area contributed by atoms with E-state index in [1.807, 2.05) is 0 Å². The van der Waals surface area contributed by atoms with Crippen LogP contribution in [0.1, 0.15) is 0 Å². The molecule has 0 aliphatic rings. The molecule has 53 valence electrons. The number of aromatic nitrogens is 4. The van der Waals surface area contributed by atoms with Crippen LogP contribution in [-0.4, -0.2) is 19.9 Å². The lowest BCUT2D eigenvalue weighted by Gasteiger charge is -1.92. The van der Waals surface area contributed by atoms with Crippen molar-refractivity contribution in [2.75, 3.05) is 0 Å². The van der Waals surface area contributed by atoms with Crippen LogP contribution in [0.4, 0.5) is 5.82 Å². The number of nitrogens with zero attached hydrogens (tertiary/aromatic N) is 4. The smallest absolute Gasteiger partial charge is 0.181 e. The van der Waals surface area contributed by atoms with Crippen molar-refractivity contribution in [3.63, 3.8) is 0 Å².